The fourth-order valence-electron chi connectivity index (χ4n) is 3.14. The van der Waals surface area contributed by atoms with Crippen molar-refractivity contribution < 1.29 is 9.53 Å². The van der Waals surface area contributed by atoms with Crippen LogP contribution in [0.4, 0.5) is 0 Å². The summed E-state index contributed by atoms with van der Waals surface area (Å²) in [5, 5.41) is 0. The first-order valence-corrected chi connectivity index (χ1v) is 7.61. The van der Waals surface area contributed by atoms with Gasteiger partial charge in [-0.2, -0.15) is 0 Å². The molecule has 0 aromatic carbocycles. The van der Waals surface area contributed by atoms with Gasteiger partial charge in [-0.15, -0.1) is 0 Å². The Morgan fingerprint density at radius 3 is 2.22 bits per heavy atom. The van der Waals surface area contributed by atoms with Gasteiger partial charge < -0.3 is 4.74 Å². The number of esters is 1. The van der Waals surface area contributed by atoms with Crippen molar-refractivity contribution in [3.05, 3.63) is 0 Å². The summed E-state index contributed by atoms with van der Waals surface area (Å²) < 4.78 is 5.97. The lowest BCUT2D eigenvalue weighted by Crippen LogP contribution is -2.39. The fraction of sp³-hybridized carbons (Fsp3) is 0.938. The van der Waals surface area contributed by atoms with Crippen molar-refractivity contribution in [2.75, 3.05) is 0 Å². The third-order valence-corrected chi connectivity index (χ3v) is 4.60. The molecule has 0 aromatic heterocycles. The second-order valence-electron chi connectivity index (χ2n) is 6.65. The summed E-state index contributed by atoms with van der Waals surface area (Å²) in [5.74, 6) is 0.561. The molecule has 0 aromatic rings. The number of ether oxygens (including phenoxy) is 1. The summed E-state index contributed by atoms with van der Waals surface area (Å²) in [6.45, 7) is 10.6. The summed E-state index contributed by atoms with van der Waals surface area (Å²) in [6.07, 6.45) is 7.25. The van der Waals surface area contributed by atoms with Gasteiger partial charge in [0.1, 0.15) is 5.60 Å². The highest BCUT2D eigenvalue weighted by molar-refractivity contribution is 5.76. The van der Waals surface area contributed by atoms with E-state index in [9.17, 15) is 4.79 Å². The predicted molar refractivity (Wildman–Crippen MR) is 75.4 cm³/mol. The van der Waals surface area contributed by atoms with E-state index < -0.39 is 0 Å². The zero-order valence-electron chi connectivity index (χ0n) is 12.8. The zero-order valence-corrected chi connectivity index (χ0v) is 12.8. The van der Waals surface area contributed by atoms with Crippen molar-refractivity contribution in [1.82, 2.24) is 0 Å². The molecule has 0 aliphatic heterocycles. The lowest BCUT2D eigenvalue weighted by molar-refractivity contribution is -0.173. The van der Waals surface area contributed by atoms with Crippen molar-refractivity contribution in [1.29, 1.82) is 0 Å². The number of hydrogen-bond acceptors (Lipinski definition) is 2. The molecule has 1 rings (SSSR count). The molecule has 1 unspecified atom stereocenters. The van der Waals surface area contributed by atoms with Gasteiger partial charge >= 0.3 is 5.97 Å². The van der Waals surface area contributed by atoms with Crippen LogP contribution < -0.4 is 0 Å². The highest BCUT2D eigenvalue weighted by Crippen LogP contribution is 2.40. The molecule has 1 fully saturated rings. The first-order chi connectivity index (χ1) is 8.37. The minimum Gasteiger partial charge on any atom is -0.459 e. The molecule has 0 spiro atoms. The second-order valence-corrected chi connectivity index (χ2v) is 6.65. The average Bonchev–Trinajstić information content (AvgIpc) is 2.77. The van der Waals surface area contributed by atoms with Gasteiger partial charge in [-0.05, 0) is 57.8 Å². The summed E-state index contributed by atoms with van der Waals surface area (Å²) in [4.78, 5) is 12.5. The molecule has 2 nitrogen and oxygen atoms in total. The highest BCUT2D eigenvalue weighted by atomic mass is 16.6. The van der Waals surface area contributed by atoms with Crippen molar-refractivity contribution in [2.24, 2.45) is 11.3 Å². The molecule has 18 heavy (non-hydrogen) atoms. The van der Waals surface area contributed by atoms with Crippen LogP contribution in [-0.4, -0.2) is 11.6 Å². The Morgan fingerprint density at radius 1 is 1.28 bits per heavy atom. The molecule has 0 heterocycles. The Morgan fingerprint density at radius 2 is 1.83 bits per heavy atom. The molecule has 1 atom stereocenters. The molecule has 2 heteroatoms. The molecule has 0 saturated heterocycles. The quantitative estimate of drug-likeness (QED) is 0.641. The van der Waals surface area contributed by atoms with E-state index in [1.807, 2.05) is 0 Å². The van der Waals surface area contributed by atoms with Gasteiger partial charge in [0.25, 0.3) is 0 Å². The number of carbonyl (C=O) groups is 1. The SMILES string of the molecule is CCC1(OC(=O)C(C)(CC)CC(C)C)CCCC1. The Labute approximate surface area is 112 Å². The van der Waals surface area contributed by atoms with Crippen molar-refractivity contribution in [2.45, 2.75) is 85.2 Å². The van der Waals surface area contributed by atoms with E-state index in [2.05, 4.69) is 34.6 Å². The van der Waals surface area contributed by atoms with E-state index in [0.717, 1.165) is 32.1 Å². The third kappa shape index (κ3) is 3.49. The molecule has 1 aliphatic rings. The maximum absolute atomic E-state index is 12.5. The smallest absolute Gasteiger partial charge is 0.312 e. The van der Waals surface area contributed by atoms with E-state index in [0.29, 0.717) is 5.92 Å². The molecule has 0 N–H and O–H groups in total. The van der Waals surface area contributed by atoms with Crippen LogP contribution in [0, 0.1) is 11.3 Å². The summed E-state index contributed by atoms with van der Waals surface area (Å²) in [7, 11) is 0. The Kier molecular flexibility index (Phi) is 5.24. The van der Waals surface area contributed by atoms with Crippen LogP contribution in [0.1, 0.15) is 79.6 Å². The number of hydrogen-bond donors (Lipinski definition) is 0. The van der Waals surface area contributed by atoms with Crippen LogP contribution in [0.3, 0.4) is 0 Å². The second kappa shape index (κ2) is 6.08. The molecular weight excluding hydrogens is 224 g/mol. The average molecular weight is 254 g/mol. The summed E-state index contributed by atoms with van der Waals surface area (Å²) >= 11 is 0. The zero-order chi connectivity index (χ0) is 13.8. The van der Waals surface area contributed by atoms with Gasteiger partial charge in [0, 0.05) is 0 Å². The van der Waals surface area contributed by atoms with Crippen LogP contribution in [0.15, 0.2) is 0 Å². The van der Waals surface area contributed by atoms with Gasteiger partial charge in [-0.3, -0.25) is 4.79 Å². The third-order valence-electron chi connectivity index (χ3n) is 4.60. The fourth-order valence-corrected chi connectivity index (χ4v) is 3.14. The molecule has 106 valence electrons. The normalized spacial score (nSPS) is 21.9. The molecule has 0 radical (unpaired) electrons. The molecule has 1 aliphatic carbocycles. The number of carbonyl (C=O) groups excluding carboxylic acids is 1. The molecule has 0 amide bonds. The van der Waals surface area contributed by atoms with Crippen LogP contribution in [0.25, 0.3) is 0 Å². The highest BCUT2D eigenvalue weighted by Gasteiger charge is 2.41. The van der Waals surface area contributed by atoms with Crippen LogP contribution >= 0.6 is 0 Å². The predicted octanol–water partition coefficient (Wildman–Crippen LogP) is 4.71. The topological polar surface area (TPSA) is 26.3 Å². The maximum Gasteiger partial charge on any atom is 0.312 e. The first-order valence-electron chi connectivity index (χ1n) is 7.61. The van der Waals surface area contributed by atoms with E-state index in [4.69, 9.17) is 4.74 Å². The van der Waals surface area contributed by atoms with Crippen molar-refractivity contribution >= 4 is 5.97 Å². The molecular formula is C16H30O2. The van der Waals surface area contributed by atoms with Gasteiger partial charge in [0.05, 0.1) is 5.41 Å². The monoisotopic (exact) mass is 254 g/mol. The number of rotatable bonds is 6. The maximum atomic E-state index is 12.5. The van der Waals surface area contributed by atoms with Crippen molar-refractivity contribution in [3.8, 4) is 0 Å². The van der Waals surface area contributed by atoms with Crippen LogP contribution in [0.2, 0.25) is 0 Å². The Balaban J connectivity index is 2.72. The Bertz CT molecular complexity index is 277. The van der Waals surface area contributed by atoms with Crippen molar-refractivity contribution in [3.63, 3.8) is 0 Å². The molecule has 1 saturated carbocycles. The van der Waals surface area contributed by atoms with E-state index >= 15 is 0 Å². The lowest BCUT2D eigenvalue weighted by atomic mass is 9.79. The van der Waals surface area contributed by atoms with Gasteiger partial charge in [0.2, 0.25) is 0 Å². The first kappa shape index (κ1) is 15.5. The standard InChI is InChI=1S/C16H30O2/c1-6-15(5,12-13(3)4)14(17)18-16(7-2)10-8-9-11-16/h13H,6-12H2,1-5H3. The minimum absolute atomic E-state index is 0.0300. The van der Waals surface area contributed by atoms with Crippen LogP contribution in [-0.2, 0) is 9.53 Å². The Hall–Kier alpha value is -0.530. The van der Waals surface area contributed by atoms with E-state index in [1.165, 1.54) is 12.8 Å². The van der Waals surface area contributed by atoms with E-state index in [-0.39, 0.29) is 17.0 Å². The van der Waals surface area contributed by atoms with Gasteiger partial charge in [-0.1, -0.05) is 27.7 Å². The van der Waals surface area contributed by atoms with Gasteiger partial charge in [-0.25, -0.2) is 0 Å². The van der Waals surface area contributed by atoms with Crippen LogP contribution in [0.5, 0.6) is 0 Å². The lowest BCUT2D eigenvalue weighted by Gasteiger charge is -2.35. The summed E-state index contributed by atoms with van der Waals surface area (Å²) in [5.41, 5.74) is -0.455. The molecule has 0 bridgehead atoms. The minimum atomic E-state index is -0.307. The van der Waals surface area contributed by atoms with Gasteiger partial charge in [0.15, 0.2) is 0 Å². The largest absolute Gasteiger partial charge is 0.459 e. The van der Waals surface area contributed by atoms with E-state index in [1.54, 1.807) is 0 Å². The summed E-state index contributed by atoms with van der Waals surface area (Å²) in [6, 6.07) is 0.